The van der Waals surface area contributed by atoms with Crippen LogP contribution < -0.4 is 10.1 Å². The van der Waals surface area contributed by atoms with Gasteiger partial charge in [-0.05, 0) is 79.6 Å². The van der Waals surface area contributed by atoms with E-state index in [1.807, 2.05) is 30.3 Å². The summed E-state index contributed by atoms with van der Waals surface area (Å²) in [4.78, 5) is 29.1. The number of rotatable bonds is 8. The maximum atomic E-state index is 12.3. The highest BCUT2D eigenvalue weighted by Crippen LogP contribution is 2.34. The van der Waals surface area contributed by atoms with Gasteiger partial charge in [0.05, 0.1) is 12.5 Å². The number of halogens is 1. The number of benzene rings is 2. The summed E-state index contributed by atoms with van der Waals surface area (Å²) in [6.45, 7) is 8.07. The van der Waals surface area contributed by atoms with Gasteiger partial charge in [0.25, 0.3) is 0 Å². The second-order valence-corrected chi connectivity index (χ2v) is 11.4. The van der Waals surface area contributed by atoms with Gasteiger partial charge in [-0.15, -0.1) is 0 Å². The van der Waals surface area contributed by atoms with Crippen molar-refractivity contribution in [3.05, 3.63) is 87.3 Å². The Labute approximate surface area is 241 Å². The first-order chi connectivity index (χ1) is 18.5. The molecule has 9 heteroatoms. The van der Waals surface area contributed by atoms with Crippen molar-refractivity contribution in [3.63, 3.8) is 0 Å². The smallest absolute Gasteiger partial charge is 0.408 e. The van der Waals surface area contributed by atoms with Crippen LogP contribution in [0.4, 0.5) is 4.79 Å². The summed E-state index contributed by atoms with van der Waals surface area (Å²) in [5.74, 6) is 0.798. The molecule has 0 aliphatic rings. The Bertz CT molecular complexity index is 1460. The van der Waals surface area contributed by atoms with Crippen LogP contribution in [0.1, 0.15) is 37.5 Å². The van der Waals surface area contributed by atoms with E-state index in [1.165, 1.54) is 18.2 Å². The first-order valence-corrected chi connectivity index (χ1v) is 13.6. The fourth-order valence-corrected chi connectivity index (χ4v) is 4.92. The minimum atomic E-state index is -0.883. The second-order valence-electron chi connectivity index (χ2n) is 10.3. The number of esters is 1. The first kappa shape index (κ1) is 28.4. The Hall–Kier alpha value is -3.60. The number of nitrogens with one attached hydrogen (secondary N) is 1. The van der Waals surface area contributed by atoms with Crippen molar-refractivity contribution in [2.45, 2.75) is 52.3 Å². The lowest BCUT2D eigenvalue weighted by Gasteiger charge is -2.22. The summed E-state index contributed by atoms with van der Waals surface area (Å²) in [6.07, 6.45) is 3.39. The van der Waals surface area contributed by atoms with Crippen LogP contribution in [0, 0.1) is 10.5 Å². The molecule has 8 nitrogen and oxygen atoms in total. The van der Waals surface area contributed by atoms with Crippen molar-refractivity contribution in [2.24, 2.45) is 0 Å². The summed E-state index contributed by atoms with van der Waals surface area (Å²) in [5.41, 5.74) is 3.42. The lowest BCUT2D eigenvalue weighted by atomic mass is 10.1. The fraction of sp³-hybridized carbons (Fsp3) is 0.300. The SMILES string of the molecule is COC(=O)[C@H](Cc1ccc(Oc2ccnc3c2c(I)cn3Cc2ccc(C)cc2)cc1)NC(=O)OC(C)(C)C. The molecule has 2 aromatic carbocycles. The average Bonchev–Trinajstić information content (AvgIpc) is 3.20. The van der Waals surface area contributed by atoms with Gasteiger partial charge in [0.2, 0.25) is 0 Å². The van der Waals surface area contributed by atoms with Crippen LogP contribution in [0.3, 0.4) is 0 Å². The summed E-state index contributed by atoms with van der Waals surface area (Å²) in [6, 6.07) is 16.8. The van der Waals surface area contributed by atoms with E-state index in [0.717, 1.165) is 20.2 Å². The quantitative estimate of drug-likeness (QED) is 0.177. The van der Waals surface area contributed by atoms with Gasteiger partial charge in [-0.25, -0.2) is 14.6 Å². The van der Waals surface area contributed by atoms with Crippen LogP contribution in [-0.2, 0) is 27.2 Å². The number of hydrogen-bond acceptors (Lipinski definition) is 6. The van der Waals surface area contributed by atoms with Gasteiger partial charge < -0.3 is 24.1 Å². The molecule has 204 valence electrons. The minimum absolute atomic E-state index is 0.242. The zero-order valence-electron chi connectivity index (χ0n) is 22.7. The monoisotopic (exact) mass is 641 g/mol. The predicted octanol–water partition coefficient (Wildman–Crippen LogP) is 6.40. The Morgan fingerprint density at radius 2 is 1.69 bits per heavy atom. The van der Waals surface area contributed by atoms with E-state index in [-0.39, 0.29) is 6.42 Å². The number of amides is 1. The molecule has 0 saturated heterocycles. The molecule has 1 N–H and O–H groups in total. The molecular weight excluding hydrogens is 609 g/mol. The van der Waals surface area contributed by atoms with Crippen molar-refractivity contribution >= 4 is 45.7 Å². The number of aryl methyl sites for hydroxylation is 1. The highest BCUT2D eigenvalue weighted by Gasteiger charge is 2.25. The molecule has 0 unspecified atom stereocenters. The van der Waals surface area contributed by atoms with Crippen LogP contribution in [0.2, 0.25) is 0 Å². The van der Waals surface area contributed by atoms with Crippen molar-refractivity contribution in [2.75, 3.05) is 7.11 Å². The molecule has 1 atom stereocenters. The first-order valence-electron chi connectivity index (χ1n) is 12.6. The van der Waals surface area contributed by atoms with Crippen LogP contribution in [0.15, 0.2) is 67.0 Å². The molecule has 0 aliphatic carbocycles. The van der Waals surface area contributed by atoms with Gasteiger partial charge in [0.1, 0.15) is 28.8 Å². The maximum absolute atomic E-state index is 12.3. The number of alkyl carbamates (subject to hydrolysis) is 1. The third kappa shape index (κ3) is 7.50. The number of aromatic nitrogens is 2. The van der Waals surface area contributed by atoms with E-state index >= 15 is 0 Å². The molecule has 4 aromatic rings. The number of carbonyl (C=O) groups excluding carboxylic acids is 2. The van der Waals surface area contributed by atoms with Gasteiger partial charge in [0.15, 0.2) is 0 Å². The number of hydrogen-bond donors (Lipinski definition) is 1. The van der Waals surface area contributed by atoms with Gasteiger partial charge in [-0.2, -0.15) is 0 Å². The Morgan fingerprint density at radius 1 is 1.03 bits per heavy atom. The van der Waals surface area contributed by atoms with Gasteiger partial charge >= 0.3 is 12.1 Å². The summed E-state index contributed by atoms with van der Waals surface area (Å²) >= 11 is 2.31. The predicted molar refractivity (Wildman–Crippen MR) is 158 cm³/mol. The molecule has 0 radical (unpaired) electrons. The second kappa shape index (κ2) is 12.1. The van der Waals surface area contributed by atoms with Crippen molar-refractivity contribution in [1.29, 1.82) is 0 Å². The van der Waals surface area contributed by atoms with Crippen LogP contribution >= 0.6 is 22.6 Å². The molecule has 0 fully saturated rings. The minimum Gasteiger partial charge on any atom is -0.467 e. The Balaban J connectivity index is 1.49. The number of carbonyl (C=O) groups is 2. The topological polar surface area (TPSA) is 91.7 Å². The van der Waals surface area contributed by atoms with E-state index in [2.05, 4.69) is 74.8 Å². The van der Waals surface area contributed by atoms with Gasteiger partial charge in [-0.1, -0.05) is 42.0 Å². The van der Waals surface area contributed by atoms with Crippen LogP contribution in [0.5, 0.6) is 11.5 Å². The fourth-order valence-electron chi connectivity index (χ4n) is 4.08. The zero-order chi connectivity index (χ0) is 28.2. The lowest BCUT2D eigenvalue weighted by Crippen LogP contribution is -2.45. The lowest BCUT2D eigenvalue weighted by molar-refractivity contribution is -0.143. The highest BCUT2D eigenvalue weighted by molar-refractivity contribution is 14.1. The summed E-state index contributed by atoms with van der Waals surface area (Å²) in [5, 5.41) is 3.54. The molecule has 0 aliphatic heterocycles. The maximum Gasteiger partial charge on any atom is 0.408 e. The summed E-state index contributed by atoms with van der Waals surface area (Å²) < 4.78 is 19.6. The number of methoxy groups -OCH3 is 1. The van der Waals surface area contributed by atoms with Crippen molar-refractivity contribution in [3.8, 4) is 11.5 Å². The molecule has 0 saturated carbocycles. The molecule has 39 heavy (non-hydrogen) atoms. The Morgan fingerprint density at radius 3 is 2.33 bits per heavy atom. The zero-order valence-corrected chi connectivity index (χ0v) is 24.8. The molecule has 2 heterocycles. The van der Waals surface area contributed by atoms with E-state index in [1.54, 1.807) is 27.0 Å². The molecule has 0 bridgehead atoms. The van der Waals surface area contributed by atoms with Crippen molar-refractivity contribution in [1.82, 2.24) is 14.9 Å². The molecular formula is C30H32IN3O5. The normalized spacial score (nSPS) is 12.2. The van der Waals surface area contributed by atoms with E-state index in [4.69, 9.17) is 14.2 Å². The largest absolute Gasteiger partial charge is 0.467 e. The van der Waals surface area contributed by atoms with Gasteiger partial charge in [0, 0.05) is 28.9 Å². The molecule has 2 aromatic heterocycles. The number of fused-ring (bicyclic) bond motifs is 1. The third-order valence-electron chi connectivity index (χ3n) is 5.91. The molecule has 0 spiro atoms. The molecule has 4 rings (SSSR count). The number of ether oxygens (including phenoxy) is 3. The summed E-state index contributed by atoms with van der Waals surface area (Å²) in [7, 11) is 1.29. The van der Waals surface area contributed by atoms with Crippen molar-refractivity contribution < 1.29 is 23.8 Å². The van der Waals surface area contributed by atoms with E-state index in [0.29, 0.717) is 18.0 Å². The van der Waals surface area contributed by atoms with Crippen LogP contribution in [0.25, 0.3) is 11.0 Å². The number of nitrogens with zero attached hydrogens (tertiary/aromatic N) is 2. The standard InChI is InChI=1S/C30H32IN3O5/c1-19-6-8-21(9-7-19)17-34-18-23(31)26-25(14-15-32-27(26)34)38-22-12-10-20(11-13-22)16-24(28(35)37-5)33-29(36)39-30(2,3)4/h6-15,18,24H,16-17H2,1-5H3,(H,33,36)/t24-/m0/s1. The average molecular weight is 642 g/mol. The van der Waals surface area contributed by atoms with Crippen LogP contribution in [-0.4, -0.2) is 40.4 Å². The third-order valence-corrected chi connectivity index (χ3v) is 6.73. The number of pyridine rings is 1. The van der Waals surface area contributed by atoms with Gasteiger partial charge in [-0.3, -0.25) is 0 Å². The Kier molecular flexibility index (Phi) is 8.79. The van der Waals surface area contributed by atoms with E-state index in [9.17, 15) is 9.59 Å². The van der Waals surface area contributed by atoms with E-state index < -0.39 is 23.7 Å². The molecule has 1 amide bonds. The highest BCUT2D eigenvalue weighted by atomic mass is 127.